The van der Waals surface area contributed by atoms with Crippen LogP contribution < -0.4 is 0 Å². The standard InChI is InChI=1S/C10H19BrN2O4/c1-12(2)7(9(14)15)6-13(3,4)8(5-11)10(16)17/h7-8H,5-6H2,1-4H3,(H-,14,15,16,17)/p+1. The molecule has 0 rings (SSSR count). The van der Waals surface area contributed by atoms with Crippen molar-refractivity contribution in [2.24, 2.45) is 0 Å². The van der Waals surface area contributed by atoms with Crippen LogP contribution in [0.1, 0.15) is 0 Å². The summed E-state index contributed by atoms with van der Waals surface area (Å²) in [5, 5.41) is 18.5. The molecule has 0 amide bonds. The predicted molar refractivity (Wildman–Crippen MR) is 67.3 cm³/mol. The summed E-state index contributed by atoms with van der Waals surface area (Å²) >= 11 is 3.16. The highest BCUT2D eigenvalue weighted by Crippen LogP contribution is 2.13. The normalized spacial score (nSPS) is 15.6. The first-order valence-electron chi connectivity index (χ1n) is 5.14. The third kappa shape index (κ3) is 4.61. The zero-order chi connectivity index (χ0) is 13.8. The molecular formula is C10H20BrN2O4+. The summed E-state index contributed by atoms with van der Waals surface area (Å²) < 4.78 is 0.107. The van der Waals surface area contributed by atoms with E-state index < -0.39 is 24.0 Å². The Morgan fingerprint density at radius 1 is 1.24 bits per heavy atom. The SMILES string of the molecule is CN(C)C(C[N+](C)(C)C(CBr)C(=O)O)C(=O)O. The molecule has 0 fully saturated rings. The number of halogens is 1. The molecule has 0 heterocycles. The molecule has 2 N–H and O–H groups in total. The number of carboxylic acid groups (broad SMARTS) is 2. The lowest BCUT2D eigenvalue weighted by molar-refractivity contribution is -0.904. The summed E-state index contributed by atoms with van der Waals surface area (Å²) in [6.07, 6.45) is 0. The summed E-state index contributed by atoms with van der Waals surface area (Å²) in [6.45, 7) is 0.227. The minimum atomic E-state index is -0.945. The Bertz CT molecular complexity index is 294. The average molecular weight is 312 g/mol. The first kappa shape index (κ1) is 16.3. The van der Waals surface area contributed by atoms with Gasteiger partial charge in [0.2, 0.25) is 0 Å². The minimum Gasteiger partial charge on any atom is -0.480 e. The maximum absolute atomic E-state index is 11.1. The molecular weight excluding hydrogens is 292 g/mol. The first-order valence-corrected chi connectivity index (χ1v) is 6.26. The molecule has 0 bridgehead atoms. The van der Waals surface area contributed by atoms with Gasteiger partial charge in [-0.1, -0.05) is 15.9 Å². The van der Waals surface area contributed by atoms with Crippen molar-refractivity contribution < 1.29 is 24.3 Å². The third-order valence-electron chi connectivity index (χ3n) is 2.83. The molecule has 7 heteroatoms. The Balaban J connectivity index is 4.93. The topological polar surface area (TPSA) is 77.8 Å². The fraction of sp³-hybridized carbons (Fsp3) is 0.800. The molecule has 0 radical (unpaired) electrons. The summed E-state index contributed by atoms with van der Waals surface area (Å²) in [4.78, 5) is 23.8. The quantitative estimate of drug-likeness (QED) is 0.508. The van der Waals surface area contributed by atoms with Crippen molar-refractivity contribution in [1.82, 2.24) is 4.90 Å². The Labute approximate surface area is 110 Å². The second-order valence-electron chi connectivity index (χ2n) is 4.79. The molecule has 6 nitrogen and oxygen atoms in total. The number of aliphatic carboxylic acids is 2. The molecule has 0 saturated carbocycles. The van der Waals surface area contributed by atoms with Crippen molar-refractivity contribution in [2.45, 2.75) is 12.1 Å². The smallest absolute Gasteiger partial charge is 0.363 e. The number of hydrogen-bond acceptors (Lipinski definition) is 3. The molecule has 0 spiro atoms. The zero-order valence-electron chi connectivity index (χ0n) is 10.6. The molecule has 0 aliphatic carbocycles. The lowest BCUT2D eigenvalue weighted by Gasteiger charge is -2.37. The van der Waals surface area contributed by atoms with Crippen molar-refractivity contribution >= 4 is 27.9 Å². The molecule has 0 saturated heterocycles. The third-order valence-corrected chi connectivity index (χ3v) is 3.44. The molecule has 2 atom stereocenters. The van der Waals surface area contributed by atoms with Crippen LogP contribution in [0.2, 0.25) is 0 Å². The maximum Gasteiger partial charge on any atom is 0.363 e. The number of carbonyl (C=O) groups is 2. The number of carboxylic acids is 2. The van der Waals surface area contributed by atoms with Gasteiger partial charge in [-0.15, -0.1) is 0 Å². The van der Waals surface area contributed by atoms with Gasteiger partial charge in [0.05, 0.1) is 19.4 Å². The predicted octanol–water partition coefficient (Wildman–Crippen LogP) is -0.0743. The van der Waals surface area contributed by atoms with Gasteiger partial charge in [0, 0.05) is 0 Å². The first-order chi connectivity index (χ1) is 7.63. The van der Waals surface area contributed by atoms with Crippen LogP contribution in [0.4, 0.5) is 0 Å². The van der Waals surface area contributed by atoms with Crippen molar-refractivity contribution in [3.05, 3.63) is 0 Å². The Morgan fingerprint density at radius 2 is 1.71 bits per heavy atom. The number of quaternary nitrogens is 1. The van der Waals surface area contributed by atoms with E-state index in [-0.39, 0.29) is 16.4 Å². The molecule has 0 aromatic rings. The van der Waals surface area contributed by atoms with Gasteiger partial charge in [-0.25, -0.2) is 4.79 Å². The van der Waals surface area contributed by atoms with Crippen molar-refractivity contribution in [3.63, 3.8) is 0 Å². The van der Waals surface area contributed by atoms with E-state index in [0.717, 1.165) is 0 Å². The molecule has 0 aromatic carbocycles. The van der Waals surface area contributed by atoms with Crippen LogP contribution >= 0.6 is 15.9 Å². The minimum absolute atomic E-state index is 0.107. The van der Waals surface area contributed by atoms with Crippen molar-refractivity contribution in [1.29, 1.82) is 0 Å². The van der Waals surface area contributed by atoms with E-state index in [1.807, 2.05) is 0 Å². The summed E-state index contributed by atoms with van der Waals surface area (Å²) in [7, 11) is 6.78. The van der Waals surface area contributed by atoms with Gasteiger partial charge in [0.1, 0.15) is 6.54 Å². The van der Waals surface area contributed by atoms with Crippen LogP contribution in [-0.2, 0) is 9.59 Å². The monoisotopic (exact) mass is 311 g/mol. The number of hydrogen-bond donors (Lipinski definition) is 2. The van der Waals surface area contributed by atoms with E-state index in [4.69, 9.17) is 10.2 Å². The molecule has 2 unspecified atom stereocenters. The molecule has 17 heavy (non-hydrogen) atoms. The van der Waals surface area contributed by atoms with Crippen LogP contribution in [0.15, 0.2) is 0 Å². The van der Waals surface area contributed by atoms with E-state index in [9.17, 15) is 9.59 Å². The second-order valence-corrected chi connectivity index (χ2v) is 5.43. The lowest BCUT2D eigenvalue weighted by atomic mass is 10.1. The summed E-state index contributed by atoms with van der Waals surface area (Å²) in [5.74, 6) is -1.88. The number of likely N-dealkylation sites (N-methyl/N-ethyl adjacent to an activating group) is 2. The number of rotatable bonds is 7. The highest BCUT2D eigenvalue weighted by atomic mass is 79.9. The lowest BCUT2D eigenvalue weighted by Crippen LogP contribution is -2.60. The number of alkyl halides is 1. The van der Waals surface area contributed by atoms with Crippen LogP contribution in [-0.4, -0.2) is 83.7 Å². The van der Waals surface area contributed by atoms with Gasteiger partial charge < -0.3 is 14.7 Å². The van der Waals surface area contributed by atoms with Crippen LogP contribution in [0, 0.1) is 0 Å². The van der Waals surface area contributed by atoms with Gasteiger partial charge >= 0.3 is 11.9 Å². The van der Waals surface area contributed by atoms with Crippen LogP contribution in [0.25, 0.3) is 0 Å². The molecule has 0 aliphatic rings. The van der Waals surface area contributed by atoms with Gasteiger partial charge in [-0.05, 0) is 14.1 Å². The van der Waals surface area contributed by atoms with Crippen molar-refractivity contribution in [3.8, 4) is 0 Å². The van der Waals surface area contributed by atoms with E-state index in [2.05, 4.69) is 15.9 Å². The van der Waals surface area contributed by atoms with E-state index >= 15 is 0 Å². The van der Waals surface area contributed by atoms with Gasteiger partial charge in [0.25, 0.3) is 0 Å². The van der Waals surface area contributed by atoms with E-state index in [1.165, 1.54) is 0 Å². The zero-order valence-corrected chi connectivity index (χ0v) is 12.1. The van der Waals surface area contributed by atoms with Crippen molar-refractivity contribution in [2.75, 3.05) is 40.1 Å². The maximum atomic E-state index is 11.1. The highest BCUT2D eigenvalue weighted by molar-refractivity contribution is 9.09. The summed E-state index contributed by atoms with van der Waals surface area (Å²) in [5.41, 5.74) is 0. The largest absolute Gasteiger partial charge is 0.480 e. The highest BCUT2D eigenvalue weighted by Gasteiger charge is 2.38. The van der Waals surface area contributed by atoms with Crippen LogP contribution in [0.5, 0.6) is 0 Å². The second kappa shape index (κ2) is 6.32. The van der Waals surface area contributed by atoms with Gasteiger partial charge in [-0.3, -0.25) is 9.69 Å². The van der Waals surface area contributed by atoms with E-state index in [0.29, 0.717) is 0 Å². The Kier molecular flexibility index (Phi) is 6.08. The van der Waals surface area contributed by atoms with Gasteiger partial charge in [0.15, 0.2) is 12.1 Å². The van der Waals surface area contributed by atoms with E-state index in [1.54, 1.807) is 33.1 Å². The molecule has 0 aromatic heterocycles. The molecule has 100 valence electrons. The number of nitrogens with zero attached hydrogens (tertiary/aromatic N) is 2. The van der Waals surface area contributed by atoms with Crippen LogP contribution in [0.3, 0.4) is 0 Å². The summed E-state index contributed by atoms with van der Waals surface area (Å²) in [6, 6.07) is -1.37. The molecule has 0 aliphatic heterocycles. The van der Waals surface area contributed by atoms with Gasteiger partial charge in [-0.2, -0.15) is 0 Å². The fourth-order valence-electron chi connectivity index (χ4n) is 1.59. The Morgan fingerprint density at radius 3 is 1.94 bits per heavy atom. The average Bonchev–Trinajstić information content (AvgIpc) is 2.13. The Hall–Kier alpha value is -0.660. The fourth-order valence-corrected chi connectivity index (χ4v) is 2.65.